The maximum atomic E-state index is 13.7. The Balaban J connectivity index is 2.26. The third-order valence-corrected chi connectivity index (χ3v) is 2.80. The predicted molar refractivity (Wildman–Crippen MR) is 74.7 cm³/mol. The van der Waals surface area contributed by atoms with Crippen LogP contribution in [0.15, 0.2) is 36.4 Å². The number of nitrogens with one attached hydrogen (secondary N) is 1. The second-order valence-corrected chi connectivity index (χ2v) is 4.35. The Hall–Kier alpha value is -2.87. The van der Waals surface area contributed by atoms with E-state index in [1.807, 2.05) is 6.07 Å². The summed E-state index contributed by atoms with van der Waals surface area (Å²) in [5.41, 5.74) is 7.39. The normalized spacial score (nSPS) is 9.85. The van der Waals surface area contributed by atoms with Gasteiger partial charge in [0.1, 0.15) is 5.82 Å². The third kappa shape index (κ3) is 2.75. The van der Waals surface area contributed by atoms with E-state index < -0.39 is 11.7 Å². The molecule has 2 rings (SSSR count). The van der Waals surface area contributed by atoms with Crippen molar-refractivity contribution < 1.29 is 9.18 Å². The number of rotatable bonds is 2. The number of carbonyl (C=O) groups is 1. The second kappa shape index (κ2) is 5.41. The van der Waals surface area contributed by atoms with Crippen molar-refractivity contribution in [2.24, 2.45) is 0 Å². The van der Waals surface area contributed by atoms with Gasteiger partial charge in [-0.25, -0.2) is 4.39 Å². The van der Waals surface area contributed by atoms with Crippen LogP contribution >= 0.6 is 0 Å². The van der Waals surface area contributed by atoms with E-state index in [9.17, 15) is 9.18 Å². The summed E-state index contributed by atoms with van der Waals surface area (Å²) >= 11 is 0. The molecule has 2 aromatic carbocycles. The highest BCUT2D eigenvalue weighted by molar-refractivity contribution is 6.06. The highest BCUT2D eigenvalue weighted by atomic mass is 19.1. The van der Waals surface area contributed by atoms with Crippen LogP contribution in [0, 0.1) is 24.1 Å². The van der Waals surface area contributed by atoms with Crippen molar-refractivity contribution in [3.63, 3.8) is 0 Å². The molecule has 3 N–H and O–H groups in total. The minimum absolute atomic E-state index is 0.0561. The number of hydrogen-bond donors (Lipinski definition) is 2. The lowest BCUT2D eigenvalue weighted by molar-refractivity contribution is 0.102. The zero-order valence-corrected chi connectivity index (χ0v) is 10.8. The van der Waals surface area contributed by atoms with E-state index in [1.54, 1.807) is 13.0 Å². The van der Waals surface area contributed by atoms with Crippen LogP contribution in [0.3, 0.4) is 0 Å². The van der Waals surface area contributed by atoms with Gasteiger partial charge < -0.3 is 11.1 Å². The predicted octanol–water partition coefficient (Wildman–Crippen LogP) is 2.84. The molecule has 0 bridgehead atoms. The number of aryl methyl sites for hydroxylation is 1. The number of amides is 1. The first-order valence-electron chi connectivity index (χ1n) is 5.88. The van der Waals surface area contributed by atoms with E-state index in [-0.39, 0.29) is 11.3 Å². The van der Waals surface area contributed by atoms with Gasteiger partial charge in [0.05, 0.1) is 28.6 Å². The van der Waals surface area contributed by atoms with E-state index in [0.29, 0.717) is 11.3 Å². The minimum Gasteiger partial charge on any atom is -0.397 e. The maximum absolute atomic E-state index is 13.7. The van der Waals surface area contributed by atoms with Gasteiger partial charge in [-0.05, 0) is 42.8 Å². The Labute approximate surface area is 115 Å². The van der Waals surface area contributed by atoms with Gasteiger partial charge in [-0.15, -0.1) is 0 Å². The fourth-order valence-corrected chi connectivity index (χ4v) is 1.74. The lowest BCUT2D eigenvalue weighted by Gasteiger charge is -2.09. The Morgan fingerprint density at radius 1 is 1.30 bits per heavy atom. The molecule has 0 radical (unpaired) electrons. The topological polar surface area (TPSA) is 78.9 Å². The zero-order chi connectivity index (χ0) is 14.7. The molecule has 0 heterocycles. The van der Waals surface area contributed by atoms with Gasteiger partial charge in [0.25, 0.3) is 5.91 Å². The molecule has 0 unspecified atom stereocenters. The van der Waals surface area contributed by atoms with E-state index >= 15 is 0 Å². The van der Waals surface area contributed by atoms with Crippen molar-refractivity contribution in [2.45, 2.75) is 6.92 Å². The van der Waals surface area contributed by atoms with Gasteiger partial charge in [0, 0.05) is 0 Å². The number of anilines is 2. The molecule has 4 nitrogen and oxygen atoms in total. The van der Waals surface area contributed by atoms with Crippen LogP contribution in [0.4, 0.5) is 15.8 Å². The number of carbonyl (C=O) groups excluding carboxylic acids is 1. The van der Waals surface area contributed by atoms with Crippen LogP contribution in [-0.2, 0) is 0 Å². The summed E-state index contributed by atoms with van der Waals surface area (Å²) in [6.45, 7) is 1.74. The Bertz CT molecular complexity index is 720. The van der Waals surface area contributed by atoms with Crippen LogP contribution in [-0.4, -0.2) is 5.91 Å². The van der Waals surface area contributed by atoms with Crippen molar-refractivity contribution in [1.82, 2.24) is 0 Å². The van der Waals surface area contributed by atoms with E-state index in [4.69, 9.17) is 11.0 Å². The van der Waals surface area contributed by atoms with Crippen molar-refractivity contribution in [3.05, 3.63) is 58.9 Å². The lowest BCUT2D eigenvalue weighted by Crippen LogP contribution is -2.15. The van der Waals surface area contributed by atoms with Crippen LogP contribution < -0.4 is 11.1 Å². The Morgan fingerprint density at radius 3 is 2.65 bits per heavy atom. The number of benzene rings is 2. The molecule has 0 saturated carbocycles. The molecule has 100 valence electrons. The van der Waals surface area contributed by atoms with E-state index in [2.05, 4.69) is 5.32 Å². The summed E-state index contributed by atoms with van der Waals surface area (Å²) < 4.78 is 13.7. The number of nitrogens with zero attached hydrogens (tertiary/aromatic N) is 1. The number of hydrogen-bond acceptors (Lipinski definition) is 3. The first kappa shape index (κ1) is 13.6. The summed E-state index contributed by atoms with van der Waals surface area (Å²) in [6.07, 6.45) is 0. The summed E-state index contributed by atoms with van der Waals surface area (Å²) in [4.78, 5) is 12.0. The first-order valence-corrected chi connectivity index (χ1v) is 5.88. The first-order chi connectivity index (χ1) is 9.51. The fourth-order valence-electron chi connectivity index (χ4n) is 1.74. The minimum atomic E-state index is -0.588. The van der Waals surface area contributed by atoms with E-state index in [1.165, 1.54) is 30.3 Å². The molecule has 0 aliphatic heterocycles. The molecule has 0 atom stereocenters. The second-order valence-electron chi connectivity index (χ2n) is 4.35. The van der Waals surface area contributed by atoms with Gasteiger partial charge in [-0.1, -0.05) is 6.07 Å². The molecule has 20 heavy (non-hydrogen) atoms. The monoisotopic (exact) mass is 269 g/mol. The molecule has 0 aliphatic carbocycles. The molecular weight excluding hydrogens is 257 g/mol. The van der Waals surface area contributed by atoms with Crippen molar-refractivity contribution in [1.29, 1.82) is 5.26 Å². The summed E-state index contributed by atoms with van der Waals surface area (Å²) in [7, 11) is 0. The third-order valence-electron chi connectivity index (χ3n) is 2.80. The number of nitriles is 1. The Morgan fingerprint density at radius 2 is 2.05 bits per heavy atom. The van der Waals surface area contributed by atoms with Crippen LogP contribution in [0.5, 0.6) is 0 Å². The van der Waals surface area contributed by atoms with Gasteiger partial charge in [0.2, 0.25) is 0 Å². The van der Waals surface area contributed by atoms with Crippen molar-refractivity contribution >= 4 is 17.3 Å². The number of nitrogens with two attached hydrogens (primary N) is 1. The molecule has 0 aliphatic rings. The molecule has 5 heteroatoms. The lowest BCUT2D eigenvalue weighted by atomic mass is 10.1. The van der Waals surface area contributed by atoms with Gasteiger partial charge >= 0.3 is 0 Å². The average molecular weight is 269 g/mol. The summed E-state index contributed by atoms with van der Waals surface area (Å²) in [5, 5.41) is 11.3. The number of nitrogen functional groups attached to an aromatic ring is 1. The van der Waals surface area contributed by atoms with E-state index in [0.717, 1.165) is 5.56 Å². The molecule has 0 spiro atoms. The van der Waals surface area contributed by atoms with Crippen LogP contribution in [0.2, 0.25) is 0 Å². The largest absolute Gasteiger partial charge is 0.397 e. The number of halogens is 1. The van der Waals surface area contributed by atoms with Crippen LogP contribution in [0.1, 0.15) is 21.5 Å². The molecular formula is C15H12FN3O. The standard InChI is InChI=1S/C15H12FN3O/c1-9-2-4-11(12(16)6-9)15(20)19-14-5-3-10(8-17)7-13(14)18/h2-7H,18H2,1H3,(H,19,20). The van der Waals surface area contributed by atoms with Gasteiger partial charge in [-0.2, -0.15) is 5.26 Å². The maximum Gasteiger partial charge on any atom is 0.258 e. The molecule has 2 aromatic rings. The van der Waals surface area contributed by atoms with Crippen molar-refractivity contribution in [2.75, 3.05) is 11.1 Å². The highest BCUT2D eigenvalue weighted by Crippen LogP contribution is 2.21. The molecule has 1 amide bonds. The zero-order valence-electron chi connectivity index (χ0n) is 10.8. The van der Waals surface area contributed by atoms with Crippen molar-refractivity contribution in [3.8, 4) is 6.07 Å². The van der Waals surface area contributed by atoms with Crippen LogP contribution in [0.25, 0.3) is 0 Å². The SMILES string of the molecule is Cc1ccc(C(=O)Nc2ccc(C#N)cc2N)c(F)c1. The smallest absolute Gasteiger partial charge is 0.258 e. The summed E-state index contributed by atoms with van der Waals surface area (Å²) in [5.74, 6) is -1.17. The van der Waals surface area contributed by atoms with Gasteiger partial charge in [-0.3, -0.25) is 4.79 Å². The highest BCUT2D eigenvalue weighted by Gasteiger charge is 2.13. The average Bonchev–Trinajstić information content (AvgIpc) is 2.40. The molecule has 0 saturated heterocycles. The van der Waals surface area contributed by atoms with Gasteiger partial charge in [0.15, 0.2) is 0 Å². The fraction of sp³-hybridized carbons (Fsp3) is 0.0667. The quantitative estimate of drug-likeness (QED) is 0.823. The summed E-state index contributed by atoms with van der Waals surface area (Å²) in [6, 6.07) is 10.8. The molecule has 0 fully saturated rings. The Kier molecular flexibility index (Phi) is 3.67. The molecule has 0 aromatic heterocycles.